The summed E-state index contributed by atoms with van der Waals surface area (Å²) < 4.78 is 17.6. The van der Waals surface area contributed by atoms with Crippen molar-refractivity contribution in [2.45, 2.75) is 52.7 Å². The highest BCUT2D eigenvalue weighted by molar-refractivity contribution is 6.45. The Kier molecular flexibility index (Phi) is 3.67. The Morgan fingerprint density at radius 3 is 1.89 bits per heavy atom. The second-order valence-electron chi connectivity index (χ2n) is 6.32. The van der Waals surface area contributed by atoms with Gasteiger partial charge in [0.15, 0.2) is 0 Å². The minimum absolute atomic E-state index is 0.302. The smallest absolute Gasteiger partial charge is 0.496 e. The Morgan fingerprint density at radius 2 is 1.42 bits per heavy atom. The Labute approximate surface area is 116 Å². The fraction of sp³-hybridized carbons (Fsp3) is 0.600. The number of hydrogen-bond acceptors (Lipinski definition) is 3. The van der Waals surface area contributed by atoms with E-state index in [1.807, 2.05) is 39.8 Å². The van der Waals surface area contributed by atoms with E-state index in [9.17, 15) is 0 Å². The lowest BCUT2D eigenvalue weighted by molar-refractivity contribution is 0.00578. The highest BCUT2D eigenvalue weighted by atomic mass is 16.7. The van der Waals surface area contributed by atoms with Crippen molar-refractivity contribution in [1.29, 1.82) is 0 Å². The van der Waals surface area contributed by atoms with Crippen LogP contribution in [0.25, 0.3) is 0 Å². The molecule has 19 heavy (non-hydrogen) atoms. The first-order valence-corrected chi connectivity index (χ1v) is 6.76. The molecule has 1 aromatic carbocycles. The van der Waals surface area contributed by atoms with Crippen molar-refractivity contribution in [3.05, 3.63) is 29.3 Å². The monoisotopic (exact) mass is 262 g/mol. The first-order valence-electron chi connectivity index (χ1n) is 6.76. The summed E-state index contributed by atoms with van der Waals surface area (Å²) in [4.78, 5) is 0. The van der Waals surface area contributed by atoms with Gasteiger partial charge in [-0.2, -0.15) is 0 Å². The number of rotatable bonds is 3. The van der Waals surface area contributed by atoms with E-state index in [1.165, 1.54) is 11.1 Å². The fourth-order valence-corrected chi connectivity index (χ4v) is 2.21. The van der Waals surface area contributed by atoms with E-state index in [0.717, 1.165) is 5.75 Å². The Bertz CT molecular complexity index is 432. The Morgan fingerprint density at radius 1 is 0.947 bits per heavy atom. The zero-order valence-electron chi connectivity index (χ0n) is 12.7. The lowest BCUT2D eigenvalue weighted by Gasteiger charge is -2.32. The van der Waals surface area contributed by atoms with Crippen LogP contribution >= 0.6 is 0 Å². The van der Waals surface area contributed by atoms with Crippen molar-refractivity contribution >= 4 is 7.12 Å². The summed E-state index contributed by atoms with van der Waals surface area (Å²) in [6, 6.07) is 6.18. The lowest BCUT2D eigenvalue weighted by Crippen LogP contribution is -2.41. The summed E-state index contributed by atoms with van der Waals surface area (Å²) >= 11 is 0. The first kappa shape index (κ1) is 14.4. The van der Waals surface area contributed by atoms with Gasteiger partial charge in [0, 0.05) is 0 Å². The average molecular weight is 262 g/mol. The minimum Gasteiger partial charge on any atom is -0.496 e. The molecule has 1 aliphatic heterocycles. The van der Waals surface area contributed by atoms with Crippen LogP contribution in [0.4, 0.5) is 0 Å². The van der Waals surface area contributed by atoms with Gasteiger partial charge in [0.05, 0.1) is 11.2 Å². The molecule has 104 valence electrons. The molecule has 1 saturated heterocycles. The van der Waals surface area contributed by atoms with Crippen molar-refractivity contribution in [2.24, 2.45) is 0 Å². The molecule has 1 aromatic rings. The Balaban J connectivity index is 1.97. The van der Waals surface area contributed by atoms with Crippen molar-refractivity contribution in [1.82, 2.24) is 0 Å². The molecular weight excluding hydrogens is 239 g/mol. The molecular formula is C15H23BO3. The summed E-state index contributed by atoms with van der Waals surface area (Å²) in [5.74, 6) is 0.868. The zero-order chi connectivity index (χ0) is 14.3. The van der Waals surface area contributed by atoms with Crippen LogP contribution in [0.15, 0.2) is 18.2 Å². The maximum Gasteiger partial charge on any atom is 0.498 e. The molecule has 3 nitrogen and oxygen atoms in total. The molecule has 0 bridgehead atoms. The first-order chi connectivity index (χ1) is 8.69. The van der Waals surface area contributed by atoms with Gasteiger partial charge in [-0.3, -0.25) is 0 Å². The maximum absolute atomic E-state index is 5.90. The van der Waals surface area contributed by atoms with E-state index in [1.54, 1.807) is 0 Å². The number of hydrogen-bond donors (Lipinski definition) is 0. The molecule has 0 N–H and O–H groups in total. The van der Waals surface area contributed by atoms with Gasteiger partial charge in [-0.15, -0.1) is 0 Å². The fourth-order valence-electron chi connectivity index (χ4n) is 2.21. The molecule has 2 rings (SSSR count). The molecule has 1 aliphatic rings. The van der Waals surface area contributed by atoms with Crippen molar-refractivity contribution < 1.29 is 14.0 Å². The molecule has 0 aliphatic carbocycles. The number of aryl methyl sites for hydroxylation is 2. The van der Waals surface area contributed by atoms with Crippen LogP contribution in [0.2, 0.25) is 0 Å². The molecule has 4 heteroatoms. The summed E-state index contributed by atoms with van der Waals surface area (Å²) in [5, 5.41) is 0. The van der Waals surface area contributed by atoms with Crippen LogP contribution in [0, 0.1) is 13.8 Å². The third-order valence-electron chi connectivity index (χ3n) is 3.88. The largest absolute Gasteiger partial charge is 0.498 e. The third-order valence-corrected chi connectivity index (χ3v) is 3.88. The summed E-state index contributed by atoms with van der Waals surface area (Å²) in [5.41, 5.74) is 1.79. The maximum atomic E-state index is 5.90. The second kappa shape index (κ2) is 4.84. The lowest BCUT2D eigenvalue weighted by atomic mass is 9.90. The normalized spacial score (nSPS) is 20.6. The molecule has 1 fully saturated rings. The standard InChI is InChI=1S/C15H23BO3/c1-11-7-12(2)9-13(8-11)17-10-16-18-14(3,4)15(5,6)19-16/h7-9H,10H2,1-6H3. The van der Waals surface area contributed by atoms with Gasteiger partial charge in [-0.25, -0.2) is 0 Å². The van der Waals surface area contributed by atoms with Crippen molar-refractivity contribution in [2.75, 3.05) is 6.51 Å². The predicted octanol–water partition coefficient (Wildman–Crippen LogP) is 3.31. The van der Waals surface area contributed by atoms with Crippen LogP contribution < -0.4 is 4.74 Å². The number of benzene rings is 1. The minimum atomic E-state index is -0.314. The van der Waals surface area contributed by atoms with Gasteiger partial charge in [-0.05, 0) is 64.8 Å². The summed E-state index contributed by atoms with van der Waals surface area (Å²) in [6.07, 6.45) is 0. The van der Waals surface area contributed by atoms with Crippen molar-refractivity contribution in [3.8, 4) is 5.75 Å². The molecule has 1 heterocycles. The van der Waals surface area contributed by atoms with E-state index in [0.29, 0.717) is 6.51 Å². The molecule has 0 radical (unpaired) electrons. The van der Waals surface area contributed by atoms with Crippen molar-refractivity contribution in [3.63, 3.8) is 0 Å². The molecule has 0 atom stereocenters. The third kappa shape index (κ3) is 3.12. The molecule has 0 aromatic heterocycles. The summed E-state index contributed by atoms with van der Waals surface area (Å²) in [7, 11) is -0.314. The summed E-state index contributed by atoms with van der Waals surface area (Å²) in [6.45, 7) is 12.7. The molecule has 0 amide bonds. The van der Waals surface area contributed by atoms with Crippen LogP contribution in [0.1, 0.15) is 38.8 Å². The van der Waals surface area contributed by atoms with Gasteiger partial charge < -0.3 is 14.0 Å². The SMILES string of the molecule is Cc1cc(C)cc(OCB2OC(C)(C)C(C)(C)O2)c1. The average Bonchev–Trinajstić information content (AvgIpc) is 2.43. The quantitative estimate of drug-likeness (QED) is 0.782. The zero-order valence-corrected chi connectivity index (χ0v) is 12.7. The molecule has 0 unspecified atom stereocenters. The van der Waals surface area contributed by atoms with E-state index in [4.69, 9.17) is 14.0 Å². The van der Waals surface area contributed by atoms with Crippen LogP contribution in [0.3, 0.4) is 0 Å². The predicted molar refractivity (Wildman–Crippen MR) is 77.5 cm³/mol. The molecule has 0 saturated carbocycles. The van der Waals surface area contributed by atoms with E-state index < -0.39 is 0 Å². The van der Waals surface area contributed by atoms with Gasteiger partial charge in [0.2, 0.25) is 0 Å². The van der Waals surface area contributed by atoms with Gasteiger partial charge in [-0.1, -0.05) is 6.07 Å². The van der Waals surface area contributed by atoms with Crippen LogP contribution in [-0.4, -0.2) is 24.8 Å². The van der Waals surface area contributed by atoms with Crippen LogP contribution in [0.5, 0.6) is 5.75 Å². The van der Waals surface area contributed by atoms with Gasteiger partial charge >= 0.3 is 7.12 Å². The molecule has 0 spiro atoms. The Hall–Kier alpha value is -0.995. The van der Waals surface area contributed by atoms with Gasteiger partial charge in [0.1, 0.15) is 12.3 Å². The topological polar surface area (TPSA) is 27.7 Å². The second-order valence-corrected chi connectivity index (χ2v) is 6.32. The van der Waals surface area contributed by atoms with E-state index in [-0.39, 0.29) is 18.3 Å². The number of ether oxygens (including phenoxy) is 1. The highest BCUT2D eigenvalue weighted by Gasteiger charge is 2.51. The van der Waals surface area contributed by atoms with Gasteiger partial charge in [0.25, 0.3) is 0 Å². The van der Waals surface area contributed by atoms with Crippen LogP contribution in [-0.2, 0) is 9.31 Å². The highest BCUT2D eigenvalue weighted by Crippen LogP contribution is 2.36. The van der Waals surface area contributed by atoms with E-state index >= 15 is 0 Å². The van der Waals surface area contributed by atoms with E-state index in [2.05, 4.69) is 19.9 Å².